The lowest BCUT2D eigenvalue weighted by molar-refractivity contribution is -0.0181. The van der Waals surface area contributed by atoms with Gasteiger partial charge in [-0.15, -0.1) is 0 Å². The molecule has 0 aromatic heterocycles. The Hall–Kier alpha value is -0.520. The van der Waals surface area contributed by atoms with Crippen LogP contribution in [-0.2, 0) is 0 Å². The van der Waals surface area contributed by atoms with Crippen LogP contribution in [0.4, 0.5) is 0 Å². The highest BCUT2D eigenvalue weighted by atomic mass is 15.2. The summed E-state index contributed by atoms with van der Waals surface area (Å²) in [6.07, 6.45) is 10.1. The van der Waals surface area contributed by atoms with Gasteiger partial charge in [-0.2, -0.15) is 0 Å². The molecule has 1 aliphatic heterocycles. The van der Waals surface area contributed by atoms with Gasteiger partial charge in [0.25, 0.3) is 0 Å². The molecule has 1 atom stereocenters. The van der Waals surface area contributed by atoms with Gasteiger partial charge >= 0.3 is 0 Å². The molecule has 4 bridgehead atoms. The summed E-state index contributed by atoms with van der Waals surface area (Å²) in [6, 6.07) is 0.672. The van der Waals surface area contributed by atoms with Crippen LogP contribution in [0.15, 0.2) is 0 Å². The highest BCUT2D eigenvalue weighted by molar-refractivity contribution is 5.19. The van der Waals surface area contributed by atoms with Crippen molar-refractivity contribution >= 4 is 0 Å². The van der Waals surface area contributed by atoms with E-state index in [0.717, 1.165) is 24.3 Å². The summed E-state index contributed by atoms with van der Waals surface area (Å²) in [7, 11) is 2.21. The summed E-state index contributed by atoms with van der Waals surface area (Å²) >= 11 is 0. The SMILES string of the molecule is CN1CCC(NCC#CC23CC4CC(CC(C4)C2)C3)C1. The van der Waals surface area contributed by atoms with Crippen molar-refractivity contribution in [3.8, 4) is 11.8 Å². The fourth-order valence-electron chi connectivity index (χ4n) is 5.79. The average molecular weight is 272 g/mol. The average Bonchev–Trinajstić information content (AvgIpc) is 2.79. The maximum atomic E-state index is 3.74. The fraction of sp³-hybridized carbons (Fsp3) is 0.889. The minimum absolute atomic E-state index is 0.433. The van der Waals surface area contributed by atoms with Crippen molar-refractivity contribution in [3.05, 3.63) is 0 Å². The van der Waals surface area contributed by atoms with Gasteiger partial charge < -0.3 is 10.2 Å². The quantitative estimate of drug-likeness (QED) is 0.777. The number of nitrogens with one attached hydrogen (secondary N) is 1. The number of likely N-dealkylation sites (N-methyl/N-ethyl adjacent to an activating group) is 1. The Kier molecular flexibility index (Phi) is 3.32. The molecule has 0 aromatic carbocycles. The summed E-state index contributed by atoms with van der Waals surface area (Å²) in [6.45, 7) is 3.33. The van der Waals surface area contributed by atoms with E-state index in [9.17, 15) is 0 Å². The van der Waals surface area contributed by atoms with Crippen LogP contribution in [0.3, 0.4) is 0 Å². The van der Waals surface area contributed by atoms with E-state index in [2.05, 4.69) is 29.1 Å². The molecule has 0 spiro atoms. The Bertz CT molecular complexity index is 395. The van der Waals surface area contributed by atoms with Crippen molar-refractivity contribution in [3.63, 3.8) is 0 Å². The highest BCUT2D eigenvalue weighted by Gasteiger charge is 2.50. The summed E-state index contributed by atoms with van der Waals surface area (Å²) in [5.41, 5.74) is 0.433. The van der Waals surface area contributed by atoms with Crippen molar-refractivity contribution in [1.29, 1.82) is 0 Å². The van der Waals surface area contributed by atoms with E-state index in [-0.39, 0.29) is 0 Å². The van der Waals surface area contributed by atoms with Crippen LogP contribution >= 0.6 is 0 Å². The molecule has 2 heteroatoms. The van der Waals surface area contributed by atoms with Gasteiger partial charge in [0.05, 0.1) is 6.54 Å². The Morgan fingerprint density at radius 3 is 2.30 bits per heavy atom. The lowest BCUT2D eigenvalue weighted by Gasteiger charge is -2.54. The van der Waals surface area contributed by atoms with E-state index in [1.165, 1.54) is 58.0 Å². The molecule has 1 N–H and O–H groups in total. The van der Waals surface area contributed by atoms with Gasteiger partial charge in [-0.25, -0.2) is 0 Å². The predicted octanol–water partition coefficient (Wildman–Crippen LogP) is 2.50. The summed E-state index contributed by atoms with van der Waals surface area (Å²) in [4.78, 5) is 2.41. The molecule has 4 aliphatic carbocycles. The van der Waals surface area contributed by atoms with Crippen molar-refractivity contribution < 1.29 is 0 Å². The lowest BCUT2D eigenvalue weighted by Crippen LogP contribution is -2.45. The van der Waals surface area contributed by atoms with Crippen LogP contribution in [0, 0.1) is 35.0 Å². The first kappa shape index (κ1) is 13.2. The second kappa shape index (κ2) is 5.04. The largest absolute Gasteiger partial charge is 0.305 e. The molecule has 20 heavy (non-hydrogen) atoms. The van der Waals surface area contributed by atoms with E-state index in [1.54, 1.807) is 0 Å². The first-order valence-electron chi connectivity index (χ1n) is 8.63. The van der Waals surface area contributed by atoms with Gasteiger partial charge in [0.2, 0.25) is 0 Å². The normalized spacial score (nSPS) is 46.5. The standard InChI is InChI=1S/C18H28N2/c1-20-6-3-17(13-20)19-5-2-4-18-10-14-7-15(11-18)9-16(8-14)12-18/h14-17,19H,3,5-13H2,1H3. The van der Waals surface area contributed by atoms with Gasteiger partial charge in [-0.3, -0.25) is 0 Å². The van der Waals surface area contributed by atoms with Crippen LogP contribution in [0.1, 0.15) is 44.9 Å². The summed E-state index contributed by atoms with van der Waals surface area (Å²) in [5.74, 6) is 10.3. The molecule has 0 amide bonds. The maximum Gasteiger partial charge on any atom is 0.0579 e. The van der Waals surface area contributed by atoms with Crippen LogP contribution in [-0.4, -0.2) is 37.6 Å². The molecule has 5 aliphatic rings. The third-order valence-electron chi connectivity index (χ3n) is 6.26. The number of nitrogens with zero attached hydrogens (tertiary/aromatic N) is 1. The van der Waals surface area contributed by atoms with Crippen molar-refractivity contribution in [2.45, 2.75) is 51.0 Å². The predicted molar refractivity (Wildman–Crippen MR) is 82.3 cm³/mol. The Labute approximate surface area is 123 Å². The first-order valence-corrected chi connectivity index (χ1v) is 8.63. The minimum atomic E-state index is 0.433. The molecule has 1 heterocycles. The first-order chi connectivity index (χ1) is 9.71. The molecule has 4 saturated carbocycles. The highest BCUT2D eigenvalue weighted by Crippen LogP contribution is 2.59. The minimum Gasteiger partial charge on any atom is -0.305 e. The third-order valence-corrected chi connectivity index (χ3v) is 6.26. The molecule has 0 aromatic rings. The number of rotatable bonds is 2. The monoisotopic (exact) mass is 272 g/mol. The van der Waals surface area contributed by atoms with Crippen LogP contribution < -0.4 is 5.32 Å². The molecule has 110 valence electrons. The van der Waals surface area contributed by atoms with Gasteiger partial charge in [0, 0.05) is 18.0 Å². The van der Waals surface area contributed by atoms with Crippen molar-refractivity contribution in [2.75, 3.05) is 26.7 Å². The number of likely N-dealkylation sites (tertiary alicyclic amines) is 1. The Morgan fingerprint density at radius 2 is 1.75 bits per heavy atom. The smallest absolute Gasteiger partial charge is 0.0579 e. The molecule has 0 radical (unpaired) electrons. The van der Waals surface area contributed by atoms with E-state index in [1.807, 2.05) is 0 Å². The van der Waals surface area contributed by atoms with E-state index >= 15 is 0 Å². The molecule has 1 unspecified atom stereocenters. The molecule has 1 saturated heterocycles. The molecule has 2 nitrogen and oxygen atoms in total. The molecule has 5 rings (SSSR count). The third kappa shape index (κ3) is 2.51. The molecular weight excluding hydrogens is 244 g/mol. The molecular formula is C18H28N2. The second-order valence-corrected chi connectivity index (χ2v) is 8.13. The Morgan fingerprint density at radius 1 is 1.10 bits per heavy atom. The molecule has 5 fully saturated rings. The second-order valence-electron chi connectivity index (χ2n) is 8.13. The van der Waals surface area contributed by atoms with E-state index < -0.39 is 0 Å². The van der Waals surface area contributed by atoms with Crippen LogP contribution in [0.25, 0.3) is 0 Å². The van der Waals surface area contributed by atoms with Gasteiger partial charge in [-0.1, -0.05) is 11.8 Å². The van der Waals surface area contributed by atoms with E-state index in [0.29, 0.717) is 11.5 Å². The zero-order chi connectivity index (χ0) is 13.6. The maximum absolute atomic E-state index is 3.74. The topological polar surface area (TPSA) is 15.3 Å². The zero-order valence-corrected chi connectivity index (χ0v) is 12.8. The number of hydrogen-bond acceptors (Lipinski definition) is 2. The summed E-state index contributed by atoms with van der Waals surface area (Å²) < 4.78 is 0. The van der Waals surface area contributed by atoms with Gasteiger partial charge in [0.1, 0.15) is 0 Å². The zero-order valence-electron chi connectivity index (χ0n) is 12.8. The van der Waals surface area contributed by atoms with Crippen LogP contribution in [0.5, 0.6) is 0 Å². The number of hydrogen-bond donors (Lipinski definition) is 1. The van der Waals surface area contributed by atoms with Crippen molar-refractivity contribution in [2.24, 2.45) is 23.2 Å². The summed E-state index contributed by atoms with van der Waals surface area (Å²) in [5, 5.41) is 3.63. The van der Waals surface area contributed by atoms with E-state index in [4.69, 9.17) is 0 Å². The van der Waals surface area contributed by atoms with Crippen LogP contribution in [0.2, 0.25) is 0 Å². The van der Waals surface area contributed by atoms with Gasteiger partial charge in [0.15, 0.2) is 0 Å². The van der Waals surface area contributed by atoms with Crippen molar-refractivity contribution in [1.82, 2.24) is 10.2 Å². The van der Waals surface area contributed by atoms with Gasteiger partial charge in [-0.05, 0) is 76.3 Å². The fourth-order valence-corrected chi connectivity index (χ4v) is 5.79. The lowest BCUT2D eigenvalue weighted by atomic mass is 9.50. The Balaban J connectivity index is 1.34.